The van der Waals surface area contributed by atoms with Gasteiger partial charge in [0.05, 0.1) is 11.2 Å². The third-order valence-electron chi connectivity index (χ3n) is 2.68. The van der Waals surface area contributed by atoms with E-state index in [0.717, 1.165) is 11.8 Å². The number of benzene rings is 1. The van der Waals surface area contributed by atoms with E-state index in [2.05, 4.69) is 9.44 Å². The third kappa shape index (κ3) is 7.00. The Kier molecular flexibility index (Phi) is 6.75. The van der Waals surface area contributed by atoms with Crippen LogP contribution < -0.4 is 15.2 Å². The van der Waals surface area contributed by atoms with Crippen LogP contribution in [-0.4, -0.2) is 42.7 Å². The highest BCUT2D eigenvalue weighted by Gasteiger charge is 2.12. The second-order valence-electron chi connectivity index (χ2n) is 4.60. The summed E-state index contributed by atoms with van der Waals surface area (Å²) in [4.78, 5) is 0.180. The maximum absolute atomic E-state index is 12.0. The molecular weight excluding hydrogens is 314 g/mol. The number of rotatable bonds is 9. The first-order valence-corrected chi connectivity index (χ1v) is 9.85. The molecule has 0 aliphatic rings. The molecule has 1 aromatic carbocycles. The maximum atomic E-state index is 12.0. The second-order valence-corrected chi connectivity index (χ2v) is 8.20. The minimum absolute atomic E-state index is 0.162. The Morgan fingerprint density at radius 1 is 1.00 bits per heavy atom. The fourth-order valence-electron chi connectivity index (χ4n) is 1.64. The standard InChI is InChI=1S/C12H21N3O4S2/c1-20(16,17)14-9-2-10-15-21(18,19)12-5-3-11(4-6-12)7-8-13/h3-6,14-15H,2,7-10,13H2,1H3. The van der Waals surface area contributed by atoms with Crippen LogP contribution in [0.4, 0.5) is 0 Å². The van der Waals surface area contributed by atoms with Gasteiger partial charge in [-0.2, -0.15) is 0 Å². The van der Waals surface area contributed by atoms with E-state index in [4.69, 9.17) is 5.73 Å². The molecule has 120 valence electrons. The molecule has 0 unspecified atom stereocenters. The van der Waals surface area contributed by atoms with Gasteiger partial charge < -0.3 is 5.73 Å². The molecule has 1 aromatic rings. The van der Waals surface area contributed by atoms with Crippen molar-refractivity contribution < 1.29 is 16.8 Å². The van der Waals surface area contributed by atoms with E-state index in [0.29, 0.717) is 19.4 Å². The topological polar surface area (TPSA) is 118 Å². The monoisotopic (exact) mass is 335 g/mol. The molecule has 0 amide bonds. The van der Waals surface area contributed by atoms with Crippen molar-refractivity contribution in [2.24, 2.45) is 5.73 Å². The Balaban J connectivity index is 2.49. The lowest BCUT2D eigenvalue weighted by Gasteiger charge is -2.08. The molecule has 4 N–H and O–H groups in total. The van der Waals surface area contributed by atoms with Crippen LogP contribution in [0.1, 0.15) is 12.0 Å². The molecule has 0 aliphatic carbocycles. The molecule has 0 saturated heterocycles. The molecule has 0 bridgehead atoms. The van der Waals surface area contributed by atoms with Crippen molar-refractivity contribution in [3.63, 3.8) is 0 Å². The van der Waals surface area contributed by atoms with Crippen molar-refractivity contribution in [3.05, 3.63) is 29.8 Å². The molecule has 9 heteroatoms. The van der Waals surface area contributed by atoms with Gasteiger partial charge in [-0.3, -0.25) is 0 Å². The molecule has 1 rings (SSSR count). The van der Waals surface area contributed by atoms with Gasteiger partial charge in [0.2, 0.25) is 20.0 Å². The fourth-order valence-corrected chi connectivity index (χ4v) is 3.23. The predicted octanol–water partition coefficient (Wildman–Crippen LogP) is -0.595. The van der Waals surface area contributed by atoms with E-state index in [1.54, 1.807) is 12.1 Å². The Morgan fingerprint density at radius 3 is 2.10 bits per heavy atom. The summed E-state index contributed by atoms with van der Waals surface area (Å²) < 4.78 is 50.4. The highest BCUT2D eigenvalue weighted by Crippen LogP contribution is 2.10. The zero-order chi connectivity index (χ0) is 15.9. The summed E-state index contributed by atoms with van der Waals surface area (Å²) in [5.74, 6) is 0. The number of nitrogens with two attached hydrogens (primary N) is 1. The number of hydrogen-bond acceptors (Lipinski definition) is 5. The van der Waals surface area contributed by atoms with E-state index < -0.39 is 20.0 Å². The van der Waals surface area contributed by atoms with Gasteiger partial charge >= 0.3 is 0 Å². The third-order valence-corrected chi connectivity index (χ3v) is 4.88. The van der Waals surface area contributed by atoms with E-state index in [1.807, 2.05) is 0 Å². The minimum Gasteiger partial charge on any atom is -0.330 e. The normalized spacial score (nSPS) is 12.5. The number of nitrogens with one attached hydrogen (secondary N) is 2. The lowest BCUT2D eigenvalue weighted by atomic mass is 10.2. The fraction of sp³-hybridized carbons (Fsp3) is 0.500. The van der Waals surface area contributed by atoms with E-state index >= 15 is 0 Å². The van der Waals surface area contributed by atoms with Crippen molar-refractivity contribution >= 4 is 20.0 Å². The molecule has 0 aliphatic heterocycles. The molecule has 0 spiro atoms. The molecule has 21 heavy (non-hydrogen) atoms. The van der Waals surface area contributed by atoms with Crippen molar-refractivity contribution in [1.29, 1.82) is 0 Å². The maximum Gasteiger partial charge on any atom is 0.240 e. The predicted molar refractivity (Wildman–Crippen MR) is 81.9 cm³/mol. The van der Waals surface area contributed by atoms with Crippen LogP contribution in [0.5, 0.6) is 0 Å². The summed E-state index contributed by atoms with van der Waals surface area (Å²) in [7, 11) is -6.81. The lowest BCUT2D eigenvalue weighted by Crippen LogP contribution is -2.29. The van der Waals surface area contributed by atoms with Crippen molar-refractivity contribution in [1.82, 2.24) is 9.44 Å². The Morgan fingerprint density at radius 2 is 1.57 bits per heavy atom. The summed E-state index contributed by atoms with van der Waals surface area (Å²) in [6, 6.07) is 6.52. The molecule has 0 aromatic heterocycles. The van der Waals surface area contributed by atoms with Crippen LogP contribution in [0.15, 0.2) is 29.2 Å². The average Bonchev–Trinajstić information content (AvgIpc) is 2.38. The highest BCUT2D eigenvalue weighted by molar-refractivity contribution is 7.89. The Labute approximate surface area is 126 Å². The second kappa shape index (κ2) is 7.85. The van der Waals surface area contributed by atoms with Gasteiger partial charge in [-0.15, -0.1) is 0 Å². The molecule has 0 fully saturated rings. The van der Waals surface area contributed by atoms with Gasteiger partial charge in [0.1, 0.15) is 0 Å². The van der Waals surface area contributed by atoms with Gasteiger partial charge in [0.15, 0.2) is 0 Å². The molecule has 7 nitrogen and oxygen atoms in total. The van der Waals surface area contributed by atoms with Gasteiger partial charge in [0.25, 0.3) is 0 Å². The number of sulfonamides is 2. The largest absolute Gasteiger partial charge is 0.330 e. The summed E-state index contributed by atoms with van der Waals surface area (Å²) in [6.45, 7) is 0.865. The summed E-state index contributed by atoms with van der Waals surface area (Å²) in [5, 5.41) is 0. The first-order chi connectivity index (χ1) is 9.74. The van der Waals surface area contributed by atoms with Crippen LogP contribution in [0.25, 0.3) is 0 Å². The van der Waals surface area contributed by atoms with E-state index in [1.165, 1.54) is 12.1 Å². The van der Waals surface area contributed by atoms with Crippen molar-refractivity contribution in [3.8, 4) is 0 Å². The van der Waals surface area contributed by atoms with E-state index in [-0.39, 0.29) is 18.0 Å². The van der Waals surface area contributed by atoms with Crippen LogP contribution in [-0.2, 0) is 26.5 Å². The van der Waals surface area contributed by atoms with Gasteiger partial charge in [-0.1, -0.05) is 12.1 Å². The molecule has 0 saturated carbocycles. The van der Waals surface area contributed by atoms with Crippen molar-refractivity contribution in [2.45, 2.75) is 17.7 Å². The van der Waals surface area contributed by atoms with Crippen LogP contribution in [0.2, 0.25) is 0 Å². The van der Waals surface area contributed by atoms with Gasteiger partial charge in [-0.25, -0.2) is 26.3 Å². The lowest BCUT2D eigenvalue weighted by molar-refractivity contribution is 0.575. The molecular formula is C12H21N3O4S2. The average molecular weight is 335 g/mol. The molecule has 0 radical (unpaired) electrons. The van der Waals surface area contributed by atoms with Crippen LogP contribution >= 0.6 is 0 Å². The van der Waals surface area contributed by atoms with Gasteiger partial charge in [0, 0.05) is 13.1 Å². The quantitative estimate of drug-likeness (QED) is 0.521. The first-order valence-electron chi connectivity index (χ1n) is 6.48. The molecule has 0 heterocycles. The smallest absolute Gasteiger partial charge is 0.240 e. The SMILES string of the molecule is CS(=O)(=O)NCCCNS(=O)(=O)c1ccc(CCN)cc1. The van der Waals surface area contributed by atoms with Gasteiger partial charge in [-0.05, 0) is 37.1 Å². The summed E-state index contributed by atoms with van der Waals surface area (Å²) >= 11 is 0. The summed E-state index contributed by atoms with van der Waals surface area (Å²) in [6.07, 6.45) is 2.13. The zero-order valence-electron chi connectivity index (χ0n) is 11.9. The summed E-state index contributed by atoms with van der Waals surface area (Å²) in [5.41, 5.74) is 6.41. The van der Waals surface area contributed by atoms with Crippen molar-refractivity contribution in [2.75, 3.05) is 25.9 Å². The Bertz CT molecular complexity index is 640. The zero-order valence-corrected chi connectivity index (χ0v) is 13.5. The van der Waals surface area contributed by atoms with E-state index in [9.17, 15) is 16.8 Å². The van der Waals surface area contributed by atoms with Crippen LogP contribution in [0, 0.1) is 0 Å². The Hall–Kier alpha value is -1.00. The first kappa shape index (κ1) is 18.1. The molecule has 0 atom stereocenters. The minimum atomic E-state index is -3.57. The van der Waals surface area contributed by atoms with Crippen LogP contribution in [0.3, 0.4) is 0 Å². The number of hydrogen-bond donors (Lipinski definition) is 3. The highest BCUT2D eigenvalue weighted by atomic mass is 32.2.